The van der Waals surface area contributed by atoms with Crippen molar-refractivity contribution in [2.45, 2.75) is 82.5 Å². The van der Waals surface area contributed by atoms with Gasteiger partial charge in [-0.25, -0.2) is 0 Å². The molecule has 1 unspecified atom stereocenters. The Bertz CT molecular complexity index is 1800. The fourth-order valence-electron chi connectivity index (χ4n) is 9.22. The van der Waals surface area contributed by atoms with Crippen LogP contribution in [0.25, 0.3) is 21.9 Å². The van der Waals surface area contributed by atoms with E-state index in [1.54, 1.807) is 16.7 Å². The first-order chi connectivity index (χ1) is 21.6. The summed E-state index contributed by atoms with van der Waals surface area (Å²) in [5, 5.41) is 2.82. The third kappa shape index (κ3) is 5.07. The maximum atomic E-state index is 3.64. The summed E-state index contributed by atoms with van der Waals surface area (Å²) < 4.78 is 2.17. The second-order valence-electron chi connectivity index (χ2n) is 14.2. The Kier molecular flexibility index (Phi) is 8.15. The van der Waals surface area contributed by atoms with E-state index in [9.17, 15) is 0 Å². The molecule has 0 radical (unpaired) electrons. The highest BCUT2D eigenvalue weighted by Gasteiger charge is 2.54. The van der Waals surface area contributed by atoms with Gasteiger partial charge >= 0.3 is 0 Å². The average molecular weight is 738 g/mol. The summed E-state index contributed by atoms with van der Waals surface area (Å²) in [6.07, 6.45) is 2.61. The van der Waals surface area contributed by atoms with Crippen LogP contribution in [0.4, 0.5) is 17.1 Å². The van der Waals surface area contributed by atoms with Crippen molar-refractivity contribution >= 4 is 67.8 Å². The fraction of sp³-hybridized carbons (Fsp3) is 0.317. The number of anilines is 3. The quantitative estimate of drug-likeness (QED) is 0.143. The van der Waals surface area contributed by atoms with Crippen LogP contribution in [-0.4, -0.2) is 8.07 Å². The Hall–Kier alpha value is -2.66. The molecule has 230 valence electrons. The van der Waals surface area contributed by atoms with Crippen LogP contribution >= 0.6 is 31.9 Å². The molecule has 5 aromatic rings. The van der Waals surface area contributed by atoms with Crippen molar-refractivity contribution in [2.75, 3.05) is 4.90 Å². The minimum Gasteiger partial charge on any atom is -0.310 e. The van der Waals surface area contributed by atoms with Crippen LogP contribution < -0.4 is 4.90 Å². The van der Waals surface area contributed by atoms with Gasteiger partial charge in [0.1, 0.15) is 0 Å². The van der Waals surface area contributed by atoms with Crippen LogP contribution in [0.5, 0.6) is 0 Å². The van der Waals surface area contributed by atoms with Crippen molar-refractivity contribution in [2.24, 2.45) is 0 Å². The lowest BCUT2D eigenvalue weighted by Crippen LogP contribution is -2.50. The minimum atomic E-state index is -1.88. The topological polar surface area (TPSA) is 3.24 Å². The molecule has 0 aromatic heterocycles. The van der Waals surface area contributed by atoms with Crippen LogP contribution in [0.3, 0.4) is 0 Å². The van der Waals surface area contributed by atoms with Gasteiger partial charge in [-0.3, -0.25) is 0 Å². The Labute approximate surface area is 287 Å². The summed E-state index contributed by atoms with van der Waals surface area (Å²) in [6, 6.07) is 36.6. The molecule has 0 heterocycles. The summed E-state index contributed by atoms with van der Waals surface area (Å²) in [5.74, 6) is 0.664. The number of fused-ring (bicyclic) bond motifs is 4. The van der Waals surface area contributed by atoms with Gasteiger partial charge < -0.3 is 4.90 Å². The molecule has 2 aliphatic rings. The number of nitrogens with zero attached hydrogens (tertiary/aromatic N) is 1. The molecule has 0 bridgehead atoms. The van der Waals surface area contributed by atoms with Crippen LogP contribution in [-0.2, 0) is 0 Å². The monoisotopic (exact) mass is 735 g/mol. The van der Waals surface area contributed by atoms with Crippen LogP contribution in [0.2, 0.25) is 16.6 Å². The van der Waals surface area contributed by atoms with Gasteiger partial charge in [-0.2, -0.15) is 0 Å². The number of hydrogen-bond acceptors (Lipinski definition) is 1. The number of halogens is 2. The first kappa shape index (κ1) is 31.0. The van der Waals surface area contributed by atoms with Gasteiger partial charge in [0.05, 0.1) is 8.07 Å². The predicted octanol–water partition coefficient (Wildman–Crippen LogP) is 14.0. The normalized spacial score (nSPS) is 16.1. The minimum absolute atomic E-state index is 0.533. The highest BCUT2D eigenvalue weighted by atomic mass is 79.9. The molecule has 1 saturated carbocycles. The van der Waals surface area contributed by atoms with E-state index in [-0.39, 0.29) is 0 Å². The third-order valence-corrected chi connectivity index (χ3v) is 19.6. The van der Waals surface area contributed by atoms with E-state index in [1.165, 1.54) is 40.4 Å². The number of benzene rings is 5. The summed E-state index contributed by atoms with van der Waals surface area (Å²) in [7, 11) is -1.88. The summed E-state index contributed by atoms with van der Waals surface area (Å²) >= 11 is 7.28. The van der Waals surface area contributed by atoms with Crippen molar-refractivity contribution < 1.29 is 0 Å². The highest BCUT2D eigenvalue weighted by molar-refractivity contribution is 9.10. The van der Waals surface area contributed by atoms with E-state index < -0.39 is 8.07 Å². The second-order valence-corrected chi connectivity index (χ2v) is 22.1. The maximum Gasteiger partial charge on any atom is 0.0741 e. The number of hydrogen-bond donors (Lipinski definition) is 0. The van der Waals surface area contributed by atoms with E-state index in [1.807, 2.05) is 0 Å². The van der Waals surface area contributed by atoms with Gasteiger partial charge in [0.15, 0.2) is 0 Å². The Morgan fingerprint density at radius 2 is 1.13 bits per heavy atom. The first-order valence-electron chi connectivity index (χ1n) is 16.6. The summed E-state index contributed by atoms with van der Waals surface area (Å²) in [6.45, 7) is 15.2. The zero-order chi connectivity index (χ0) is 31.6. The van der Waals surface area contributed by atoms with Gasteiger partial charge in [0.2, 0.25) is 0 Å². The Morgan fingerprint density at radius 1 is 0.600 bits per heavy atom. The molecule has 45 heavy (non-hydrogen) atoms. The fourth-order valence-corrected chi connectivity index (χ4v) is 17.3. The Morgan fingerprint density at radius 3 is 1.67 bits per heavy atom. The van der Waals surface area contributed by atoms with E-state index in [2.05, 4.69) is 175 Å². The molecule has 0 aliphatic heterocycles. The highest BCUT2D eigenvalue weighted by Crippen LogP contribution is 2.62. The molecular formula is C41H43Br2NSi. The van der Waals surface area contributed by atoms with Gasteiger partial charge in [-0.05, 0) is 141 Å². The second kappa shape index (κ2) is 11.9. The molecule has 1 fully saturated rings. The molecule has 4 heteroatoms. The lowest BCUT2D eigenvalue weighted by atomic mass is 9.91. The SMILES string of the molecule is CC(C)[Si](C(C)C)(C(C)C)C1c2ccccc2-c2cc3cc(N(c4ccc(Br)cc4)c4ccc(Br)cc4)ccc3c(C3CC3)c21. The van der Waals surface area contributed by atoms with Crippen LogP contribution in [0.1, 0.15) is 82.5 Å². The molecule has 2 aliphatic carbocycles. The molecule has 1 atom stereocenters. The van der Waals surface area contributed by atoms with Crippen molar-refractivity contribution in [3.05, 3.63) is 123 Å². The van der Waals surface area contributed by atoms with Gasteiger partial charge in [-0.15, -0.1) is 0 Å². The van der Waals surface area contributed by atoms with Gasteiger partial charge in [0.25, 0.3) is 0 Å². The van der Waals surface area contributed by atoms with Crippen LogP contribution in [0.15, 0.2) is 106 Å². The molecule has 0 saturated heterocycles. The van der Waals surface area contributed by atoms with E-state index >= 15 is 0 Å². The van der Waals surface area contributed by atoms with Gasteiger partial charge in [0, 0.05) is 31.5 Å². The van der Waals surface area contributed by atoms with Crippen molar-refractivity contribution in [1.29, 1.82) is 0 Å². The van der Waals surface area contributed by atoms with E-state index in [0.29, 0.717) is 28.1 Å². The van der Waals surface area contributed by atoms with E-state index in [0.717, 1.165) is 20.3 Å². The number of rotatable bonds is 8. The smallest absolute Gasteiger partial charge is 0.0741 e. The molecule has 1 nitrogen and oxygen atoms in total. The zero-order valence-corrected chi connectivity index (χ0v) is 31.4. The molecule has 5 aromatic carbocycles. The third-order valence-electron chi connectivity index (χ3n) is 11.0. The summed E-state index contributed by atoms with van der Waals surface area (Å²) in [5.41, 5.74) is 14.0. The molecule has 0 amide bonds. The summed E-state index contributed by atoms with van der Waals surface area (Å²) in [4.78, 5) is 2.38. The molecule has 0 N–H and O–H groups in total. The predicted molar refractivity (Wildman–Crippen MR) is 204 cm³/mol. The Balaban J connectivity index is 1.49. The molecule has 7 rings (SSSR count). The van der Waals surface area contributed by atoms with Crippen molar-refractivity contribution in [3.8, 4) is 11.1 Å². The largest absolute Gasteiger partial charge is 0.310 e. The van der Waals surface area contributed by atoms with Gasteiger partial charge in [-0.1, -0.05) is 104 Å². The zero-order valence-electron chi connectivity index (χ0n) is 27.2. The van der Waals surface area contributed by atoms with E-state index in [4.69, 9.17) is 0 Å². The van der Waals surface area contributed by atoms with Crippen molar-refractivity contribution in [3.63, 3.8) is 0 Å². The molecule has 0 spiro atoms. The maximum absolute atomic E-state index is 3.64. The van der Waals surface area contributed by atoms with Crippen molar-refractivity contribution in [1.82, 2.24) is 0 Å². The lowest BCUT2D eigenvalue weighted by molar-refractivity contribution is 0.769. The lowest BCUT2D eigenvalue weighted by Gasteiger charge is -2.49. The average Bonchev–Trinajstić information content (AvgIpc) is 3.81. The van der Waals surface area contributed by atoms with Crippen LogP contribution in [0, 0.1) is 0 Å². The first-order valence-corrected chi connectivity index (χ1v) is 20.5. The molecular weight excluding hydrogens is 694 g/mol. The standard InChI is InChI=1S/C41H43Br2NSi/c1-25(2)45(26(3)4,27(5)6)41-37-10-8-7-9-36(37)38-24-29-23-34(21-22-35(29)39(40(38)41)28-11-12-28)44(32-17-13-30(42)14-18-32)33-19-15-31(43)16-20-33/h7-10,13-28,41H,11-12H2,1-6H3.